The molecule has 0 aliphatic carbocycles. The van der Waals surface area contributed by atoms with Crippen LogP contribution in [0.4, 0.5) is 0 Å². The van der Waals surface area contributed by atoms with Crippen molar-refractivity contribution < 1.29 is 15.0 Å². The second kappa shape index (κ2) is 9.45. The van der Waals surface area contributed by atoms with Crippen molar-refractivity contribution >= 4 is 29.1 Å². The lowest BCUT2D eigenvalue weighted by molar-refractivity contribution is -0.142. The maximum absolute atomic E-state index is 12.9. The van der Waals surface area contributed by atoms with E-state index in [1.165, 1.54) is 15.9 Å². The molecule has 0 heterocycles. The molecule has 140 valence electrons. The average Bonchev–Trinajstić information content (AvgIpc) is 2.71. The van der Waals surface area contributed by atoms with Crippen molar-refractivity contribution in [2.24, 2.45) is 0 Å². The van der Waals surface area contributed by atoms with Crippen LogP contribution in [0.2, 0.25) is 0 Å². The number of rotatable bonds is 6. The molecule has 3 aromatic rings. The molecule has 0 amide bonds. The van der Waals surface area contributed by atoms with Crippen LogP contribution in [0.5, 0.6) is 0 Å². The van der Waals surface area contributed by atoms with Gasteiger partial charge in [0.05, 0.1) is 6.61 Å². The number of carbonyl (C=O) groups is 1. The van der Waals surface area contributed by atoms with Gasteiger partial charge < -0.3 is 10.2 Å². The minimum Gasteiger partial charge on any atom is -0.870 e. The Morgan fingerprint density at radius 2 is 1.11 bits per heavy atom. The van der Waals surface area contributed by atoms with Crippen molar-refractivity contribution in [3.8, 4) is 0 Å². The first-order chi connectivity index (χ1) is 12.7. The molecule has 0 aliphatic rings. The Morgan fingerprint density at radius 1 is 0.778 bits per heavy atom. The molecule has 3 rings (SSSR count). The van der Waals surface area contributed by atoms with Gasteiger partial charge in [0, 0.05) is 0 Å². The van der Waals surface area contributed by atoms with Gasteiger partial charge in [0.15, 0.2) is 5.66 Å². The summed E-state index contributed by atoms with van der Waals surface area (Å²) in [5, 5.41) is 3.58. The molecule has 1 unspecified atom stereocenters. The fraction of sp³-hybridized carbons (Fsp3) is 0.174. The molecular formula is C23H25O3P. The molecule has 0 aromatic heterocycles. The third kappa shape index (κ3) is 3.95. The zero-order valence-corrected chi connectivity index (χ0v) is 16.6. The Morgan fingerprint density at radius 3 is 1.41 bits per heavy atom. The summed E-state index contributed by atoms with van der Waals surface area (Å²) in [4.78, 5) is 12.9. The van der Waals surface area contributed by atoms with Crippen molar-refractivity contribution in [1.82, 2.24) is 0 Å². The summed E-state index contributed by atoms with van der Waals surface area (Å²) < 4.78 is 5.46. The fourth-order valence-corrected chi connectivity index (χ4v) is 8.08. The first-order valence-corrected chi connectivity index (χ1v) is 10.8. The van der Waals surface area contributed by atoms with Crippen LogP contribution in [-0.4, -0.2) is 23.7 Å². The van der Waals surface area contributed by atoms with E-state index >= 15 is 0 Å². The molecule has 3 nitrogen and oxygen atoms in total. The van der Waals surface area contributed by atoms with Gasteiger partial charge in [-0.1, -0.05) is 54.6 Å². The quantitative estimate of drug-likeness (QED) is 0.483. The molecule has 1 N–H and O–H groups in total. The topological polar surface area (TPSA) is 56.3 Å². The molecule has 0 aliphatic heterocycles. The highest BCUT2D eigenvalue weighted by Crippen LogP contribution is 2.59. The number of carbonyl (C=O) groups excluding carboxylic acids is 1. The average molecular weight is 380 g/mol. The van der Waals surface area contributed by atoms with E-state index in [9.17, 15) is 4.79 Å². The summed E-state index contributed by atoms with van der Waals surface area (Å²) in [6.07, 6.45) is 0. The minimum atomic E-state index is -2.20. The summed E-state index contributed by atoms with van der Waals surface area (Å²) in [5.41, 5.74) is -0.269. The zero-order valence-electron chi connectivity index (χ0n) is 15.7. The highest BCUT2D eigenvalue weighted by molar-refractivity contribution is 7.96. The van der Waals surface area contributed by atoms with Gasteiger partial charge in [-0.05, 0) is 50.2 Å². The van der Waals surface area contributed by atoms with Crippen LogP contribution < -0.4 is 15.9 Å². The Balaban J connectivity index is 0.00000261. The van der Waals surface area contributed by atoms with Crippen LogP contribution in [-0.2, 0) is 9.53 Å². The van der Waals surface area contributed by atoms with E-state index in [-0.39, 0.29) is 17.1 Å². The summed E-state index contributed by atoms with van der Waals surface area (Å²) in [5.74, 6) is -0.141. The summed E-state index contributed by atoms with van der Waals surface area (Å²) in [6, 6.07) is 31.2. The number of esters is 1. The van der Waals surface area contributed by atoms with Crippen LogP contribution in [0.1, 0.15) is 13.8 Å². The van der Waals surface area contributed by atoms with E-state index < -0.39 is 7.26 Å². The summed E-state index contributed by atoms with van der Waals surface area (Å²) in [7, 11) is -2.20. The molecule has 0 bridgehead atoms. The van der Waals surface area contributed by atoms with Gasteiger partial charge in [-0.2, -0.15) is 0 Å². The van der Waals surface area contributed by atoms with Gasteiger partial charge in [0.1, 0.15) is 23.2 Å². The van der Waals surface area contributed by atoms with Gasteiger partial charge in [-0.25, -0.2) is 4.79 Å². The second-order valence-electron chi connectivity index (χ2n) is 6.16. The Hall–Kier alpha value is -2.48. The number of hydrogen-bond donors (Lipinski definition) is 0. The number of ether oxygens (including phenoxy) is 1. The van der Waals surface area contributed by atoms with E-state index in [1.54, 1.807) is 0 Å². The lowest BCUT2D eigenvalue weighted by Crippen LogP contribution is -2.41. The molecule has 0 radical (unpaired) electrons. The van der Waals surface area contributed by atoms with E-state index in [4.69, 9.17) is 4.74 Å². The van der Waals surface area contributed by atoms with Gasteiger partial charge in [-0.15, -0.1) is 0 Å². The van der Waals surface area contributed by atoms with Crippen LogP contribution in [0.15, 0.2) is 91.0 Å². The second-order valence-corrected chi connectivity index (χ2v) is 9.93. The maximum Gasteiger partial charge on any atom is 0.347 e. The predicted molar refractivity (Wildman–Crippen MR) is 113 cm³/mol. The Labute approximate surface area is 161 Å². The van der Waals surface area contributed by atoms with Crippen LogP contribution in [0, 0.1) is 0 Å². The molecule has 0 saturated heterocycles. The van der Waals surface area contributed by atoms with Crippen molar-refractivity contribution in [3.63, 3.8) is 0 Å². The highest BCUT2D eigenvalue weighted by atomic mass is 31.2. The van der Waals surface area contributed by atoms with Crippen molar-refractivity contribution in [1.29, 1.82) is 0 Å². The number of benzene rings is 3. The fourth-order valence-electron chi connectivity index (χ4n) is 3.53. The zero-order chi connectivity index (χ0) is 18.4. The van der Waals surface area contributed by atoms with E-state index in [0.29, 0.717) is 6.61 Å². The van der Waals surface area contributed by atoms with Crippen LogP contribution >= 0.6 is 7.26 Å². The first-order valence-electron chi connectivity index (χ1n) is 8.93. The van der Waals surface area contributed by atoms with Gasteiger partial charge in [0.25, 0.3) is 0 Å². The lowest BCUT2D eigenvalue weighted by atomic mass is 10.3. The SMILES string of the molecule is CCOC(=O)C(C)[P+](c1ccccc1)(c1ccccc1)c1ccccc1.[OH-]. The summed E-state index contributed by atoms with van der Waals surface area (Å²) in [6.45, 7) is 4.26. The molecule has 27 heavy (non-hydrogen) atoms. The van der Waals surface area contributed by atoms with E-state index in [2.05, 4.69) is 36.4 Å². The van der Waals surface area contributed by atoms with E-state index in [0.717, 1.165) is 0 Å². The molecule has 0 fully saturated rings. The van der Waals surface area contributed by atoms with Gasteiger partial charge >= 0.3 is 5.97 Å². The standard InChI is InChI=1S/C23H24O2P.H2O/c1-3-25-23(24)19(2)26(20-13-7-4-8-14-20,21-15-9-5-10-16-21)22-17-11-6-12-18-22;/h4-19H,3H2,1-2H3;1H2/q+1;/p-1. The summed E-state index contributed by atoms with van der Waals surface area (Å²) >= 11 is 0. The maximum atomic E-state index is 12.9. The third-order valence-corrected chi connectivity index (χ3v) is 9.41. The largest absolute Gasteiger partial charge is 0.870 e. The van der Waals surface area contributed by atoms with Crippen molar-refractivity contribution in [3.05, 3.63) is 91.0 Å². The van der Waals surface area contributed by atoms with Crippen molar-refractivity contribution in [2.45, 2.75) is 19.5 Å². The lowest BCUT2D eigenvalue weighted by Gasteiger charge is -2.31. The minimum absolute atomic E-state index is 0. The highest BCUT2D eigenvalue weighted by Gasteiger charge is 2.54. The third-order valence-electron chi connectivity index (χ3n) is 4.70. The number of hydrogen-bond acceptors (Lipinski definition) is 3. The predicted octanol–water partition coefficient (Wildman–Crippen LogP) is 3.76. The van der Waals surface area contributed by atoms with Crippen LogP contribution in [0.3, 0.4) is 0 Å². The van der Waals surface area contributed by atoms with Gasteiger partial charge in [0.2, 0.25) is 0 Å². The molecule has 0 saturated carbocycles. The molecule has 4 heteroatoms. The molecular weight excluding hydrogens is 355 g/mol. The van der Waals surface area contributed by atoms with E-state index in [1.807, 2.05) is 68.4 Å². The first kappa shape index (κ1) is 20.8. The Bertz CT molecular complexity index is 739. The molecule has 1 atom stereocenters. The molecule has 0 spiro atoms. The smallest absolute Gasteiger partial charge is 0.347 e. The van der Waals surface area contributed by atoms with Gasteiger partial charge in [-0.3, -0.25) is 0 Å². The monoisotopic (exact) mass is 380 g/mol. The van der Waals surface area contributed by atoms with Crippen molar-refractivity contribution in [2.75, 3.05) is 6.61 Å². The van der Waals surface area contributed by atoms with Crippen LogP contribution in [0.25, 0.3) is 0 Å². The Kier molecular flexibility index (Phi) is 7.29. The normalized spacial score (nSPS) is 11.9. The molecule has 3 aromatic carbocycles.